The van der Waals surface area contributed by atoms with Crippen LogP contribution in [-0.4, -0.2) is 38.7 Å². The Kier molecular flexibility index (Phi) is 4.98. The van der Waals surface area contributed by atoms with Gasteiger partial charge in [-0.3, -0.25) is 4.79 Å². The highest BCUT2D eigenvalue weighted by Crippen LogP contribution is 2.37. The van der Waals surface area contributed by atoms with Gasteiger partial charge in [0.2, 0.25) is 10.0 Å². The van der Waals surface area contributed by atoms with Gasteiger partial charge in [-0.2, -0.15) is 4.72 Å². The molecule has 0 saturated carbocycles. The number of carboxylic acids is 1. The van der Waals surface area contributed by atoms with Crippen LogP contribution in [0, 0.1) is 5.92 Å². The number of hydrogen-bond acceptors (Lipinski definition) is 5. The van der Waals surface area contributed by atoms with Crippen LogP contribution in [0.1, 0.15) is 13.8 Å². The minimum absolute atomic E-state index is 0.0938. The number of carboxylic acid groups (broad SMARTS) is 1. The summed E-state index contributed by atoms with van der Waals surface area (Å²) in [4.78, 5) is 11.1. The number of ether oxygens (including phenoxy) is 2. The van der Waals surface area contributed by atoms with Crippen molar-refractivity contribution in [2.24, 2.45) is 5.92 Å². The minimum Gasteiger partial charge on any atom is -0.486 e. The number of halogens is 1. The summed E-state index contributed by atoms with van der Waals surface area (Å²) in [5, 5.41) is 9.13. The maximum absolute atomic E-state index is 12.5. The molecule has 22 heavy (non-hydrogen) atoms. The van der Waals surface area contributed by atoms with Gasteiger partial charge in [0, 0.05) is 10.5 Å². The van der Waals surface area contributed by atoms with Gasteiger partial charge in [0.1, 0.15) is 24.2 Å². The first kappa shape index (κ1) is 17.0. The summed E-state index contributed by atoms with van der Waals surface area (Å²) >= 11 is 3.17. The third kappa shape index (κ3) is 3.53. The average Bonchev–Trinajstić information content (AvgIpc) is 2.43. The molecule has 1 aliphatic heterocycles. The van der Waals surface area contributed by atoms with Crippen LogP contribution in [-0.2, 0) is 14.8 Å². The van der Waals surface area contributed by atoms with E-state index in [4.69, 9.17) is 14.6 Å². The minimum atomic E-state index is -4.03. The fourth-order valence-corrected chi connectivity index (χ4v) is 4.33. The molecule has 1 atom stereocenters. The zero-order chi connectivity index (χ0) is 16.5. The highest BCUT2D eigenvalue weighted by molar-refractivity contribution is 9.10. The number of nitrogens with one attached hydrogen (secondary N) is 1. The van der Waals surface area contributed by atoms with Crippen LogP contribution in [0.4, 0.5) is 0 Å². The molecule has 0 aliphatic carbocycles. The van der Waals surface area contributed by atoms with Gasteiger partial charge in [-0.1, -0.05) is 13.8 Å². The molecule has 0 spiro atoms. The molecule has 0 fully saturated rings. The lowest BCUT2D eigenvalue weighted by Gasteiger charge is -2.21. The van der Waals surface area contributed by atoms with E-state index in [-0.39, 0.29) is 9.37 Å². The summed E-state index contributed by atoms with van der Waals surface area (Å²) in [6.07, 6.45) is 0. The summed E-state index contributed by atoms with van der Waals surface area (Å²) in [6.45, 7) is 3.96. The van der Waals surface area contributed by atoms with Crippen molar-refractivity contribution in [3.63, 3.8) is 0 Å². The third-order valence-corrected chi connectivity index (χ3v) is 5.50. The normalized spacial score (nSPS) is 15.6. The number of aliphatic carboxylic acids is 1. The summed E-state index contributed by atoms with van der Waals surface area (Å²) in [6, 6.07) is 1.60. The highest BCUT2D eigenvalue weighted by Gasteiger charge is 2.30. The Morgan fingerprint density at radius 1 is 1.27 bits per heavy atom. The molecule has 0 radical (unpaired) electrons. The van der Waals surface area contributed by atoms with Gasteiger partial charge >= 0.3 is 5.97 Å². The van der Waals surface area contributed by atoms with Gasteiger partial charge in [0.05, 0.1) is 0 Å². The molecule has 1 aromatic rings. The largest absolute Gasteiger partial charge is 0.486 e. The van der Waals surface area contributed by atoms with Gasteiger partial charge in [0.25, 0.3) is 0 Å². The monoisotopic (exact) mass is 393 g/mol. The zero-order valence-corrected chi connectivity index (χ0v) is 14.4. The molecule has 7 nitrogen and oxygen atoms in total. The van der Waals surface area contributed by atoms with E-state index in [2.05, 4.69) is 20.7 Å². The molecule has 0 bridgehead atoms. The Morgan fingerprint density at radius 2 is 1.82 bits per heavy atom. The molecule has 2 rings (SSSR count). The molecule has 1 aliphatic rings. The van der Waals surface area contributed by atoms with Crippen LogP contribution in [0.2, 0.25) is 0 Å². The number of sulfonamides is 1. The fraction of sp³-hybridized carbons (Fsp3) is 0.462. The van der Waals surface area contributed by atoms with E-state index in [1.165, 1.54) is 12.1 Å². The topological polar surface area (TPSA) is 102 Å². The molecule has 0 amide bonds. The summed E-state index contributed by atoms with van der Waals surface area (Å²) < 4.78 is 38.1. The third-order valence-electron chi connectivity index (χ3n) is 3.10. The molecule has 2 N–H and O–H groups in total. The first-order chi connectivity index (χ1) is 10.2. The number of rotatable bonds is 5. The van der Waals surface area contributed by atoms with Crippen molar-refractivity contribution < 1.29 is 27.8 Å². The molecular weight excluding hydrogens is 378 g/mol. The smallest absolute Gasteiger partial charge is 0.322 e. The maximum Gasteiger partial charge on any atom is 0.322 e. The molecule has 122 valence electrons. The Labute approximate surface area is 136 Å². The van der Waals surface area contributed by atoms with Crippen molar-refractivity contribution in [2.75, 3.05) is 13.2 Å². The lowest BCUT2D eigenvalue weighted by Crippen LogP contribution is -2.44. The van der Waals surface area contributed by atoms with E-state index in [0.29, 0.717) is 24.7 Å². The van der Waals surface area contributed by atoms with E-state index in [9.17, 15) is 13.2 Å². The van der Waals surface area contributed by atoms with Crippen molar-refractivity contribution in [3.05, 3.63) is 16.6 Å². The molecule has 0 unspecified atom stereocenters. The fourth-order valence-electron chi connectivity index (χ4n) is 1.95. The van der Waals surface area contributed by atoms with Crippen LogP contribution < -0.4 is 14.2 Å². The Morgan fingerprint density at radius 3 is 2.32 bits per heavy atom. The molecule has 0 aromatic heterocycles. The van der Waals surface area contributed by atoms with Crippen molar-refractivity contribution in [1.82, 2.24) is 4.72 Å². The van der Waals surface area contributed by atoms with Crippen molar-refractivity contribution >= 4 is 31.9 Å². The van der Waals surface area contributed by atoms with Gasteiger partial charge in [0.15, 0.2) is 11.5 Å². The lowest BCUT2D eigenvalue weighted by atomic mass is 10.1. The lowest BCUT2D eigenvalue weighted by molar-refractivity contribution is -0.140. The van der Waals surface area contributed by atoms with Gasteiger partial charge < -0.3 is 14.6 Å². The van der Waals surface area contributed by atoms with E-state index in [1.54, 1.807) is 13.8 Å². The molecule has 1 aromatic carbocycles. The van der Waals surface area contributed by atoms with Gasteiger partial charge in [-0.15, -0.1) is 0 Å². The van der Waals surface area contributed by atoms with Crippen LogP contribution in [0.5, 0.6) is 11.5 Å². The first-order valence-corrected chi connectivity index (χ1v) is 8.84. The number of benzene rings is 1. The molecule has 1 heterocycles. The molecular formula is C13H16BrNO6S. The Hall–Kier alpha value is -1.32. The van der Waals surface area contributed by atoms with E-state index in [1.807, 2.05) is 0 Å². The van der Waals surface area contributed by atoms with Crippen LogP contribution >= 0.6 is 15.9 Å². The Bertz CT molecular complexity index is 688. The molecule has 0 saturated heterocycles. The second-order valence-electron chi connectivity index (χ2n) is 5.11. The SMILES string of the molecule is CC(C)[C@@H](NS(=O)(=O)c1cc2c(cc1Br)OCCO2)C(=O)O. The van der Waals surface area contributed by atoms with Crippen molar-refractivity contribution in [2.45, 2.75) is 24.8 Å². The average molecular weight is 394 g/mol. The standard InChI is InChI=1S/C13H16BrNO6S/c1-7(2)12(13(16)17)15-22(18,19)11-6-10-9(5-8(11)14)20-3-4-21-10/h5-7,12,15H,3-4H2,1-2H3,(H,16,17)/t12-/m1/s1. The van der Waals surface area contributed by atoms with E-state index >= 15 is 0 Å². The highest BCUT2D eigenvalue weighted by atomic mass is 79.9. The number of carbonyl (C=O) groups is 1. The number of fused-ring (bicyclic) bond motifs is 1. The predicted octanol–water partition coefficient (Wildman–Crippen LogP) is 1.61. The van der Waals surface area contributed by atoms with Crippen molar-refractivity contribution in [1.29, 1.82) is 0 Å². The summed E-state index contributed by atoms with van der Waals surface area (Å²) in [5.41, 5.74) is 0. The van der Waals surface area contributed by atoms with E-state index in [0.717, 1.165) is 0 Å². The summed E-state index contributed by atoms with van der Waals surface area (Å²) in [5.74, 6) is -0.877. The van der Waals surface area contributed by atoms with Crippen molar-refractivity contribution in [3.8, 4) is 11.5 Å². The second-order valence-corrected chi connectivity index (χ2v) is 7.64. The van der Waals surface area contributed by atoms with Crippen LogP contribution in [0.15, 0.2) is 21.5 Å². The maximum atomic E-state index is 12.5. The zero-order valence-electron chi connectivity index (χ0n) is 12.0. The second kappa shape index (κ2) is 6.43. The predicted molar refractivity (Wildman–Crippen MR) is 81.7 cm³/mol. The van der Waals surface area contributed by atoms with E-state index < -0.39 is 28.0 Å². The van der Waals surface area contributed by atoms with Crippen LogP contribution in [0.3, 0.4) is 0 Å². The Balaban J connectivity index is 2.39. The molecule has 9 heteroatoms. The van der Waals surface area contributed by atoms with Gasteiger partial charge in [-0.05, 0) is 27.9 Å². The van der Waals surface area contributed by atoms with Crippen LogP contribution in [0.25, 0.3) is 0 Å². The first-order valence-electron chi connectivity index (χ1n) is 6.56. The number of hydrogen-bond donors (Lipinski definition) is 2. The van der Waals surface area contributed by atoms with Gasteiger partial charge in [-0.25, -0.2) is 8.42 Å². The summed E-state index contributed by atoms with van der Waals surface area (Å²) in [7, 11) is -4.03. The quantitative estimate of drug-likeness (QED) is 0.787.